The molecule has 1 aromatic carbocycles. The Morgan fingerprint density at radius 3 is 2.43 bits per heavy atom. The molecule has 0 saturated carbocycles. The summed E-state index contributed by atoms with van der Waals surface area (Å²) in [5.74, 6) is 0.0882. The lowest BCUT2D eigenvalue weighted by Crippen LogP contribution is -2.56. The Balaban J connectivity index is 1.20. The van der Waals surface area contributed by atoms with Crippen molar-refractivity contribution in [3.8, 4) is 0 Å². The number of nitrogens with one attached hydrogen (secondary N) is 1. The molecular weight excluding hydrogens is 354 g/mol. The first-order valence-corrected chi connectivity index (χ1v) is 10.7. The lowest BCUT2D eigenvalue weighted by atomic mass is 9.92. The zero-order valence-corrected chi connectivity index (χ0v) is 16.8. The van der Waals surface area contributed by atoms with Crippen molar-refractivity contribution in [3.05, 3.63) is 35.4 Å². The maximum atomic E-state index is 12.4. The minimum Gasteiger partial charge on any atom is -0.381 e. The summed E-state index contributed by atoms with van der Waals surface area (Å²) in [6.45, 7) is 8.37. The number of carbonyl (C=O) groups is 1. The Morgan fingerprint density at radius 2 is 1.68 bits per heavy atom. The van der Waals surface area contributed by atoms with Crippen LogP contribution in [0.4, 0.5) is 0 Å². The first kappa shape index (κ1) is 19.8. The maximum Gasteiger partial charge on any atom is 0.234 e. The van der Waals surface area contributed by atoms with E-state index in [0.717, 1.165) is 51.3 Å². The number of hydrogen-bond donors (Lipinski definition) is 1. The van der Waals surface area contributed by atoms with Crippen LogP contribution in [0.15, 0.2) is 24.3 Å². The molecule has 6 heteroatoms. The van der Waals surface area contributed by atoms with Crippen LogP contribution in [0, 0.1) is 0 Å². The summed E-state index contributed by atoms with van der Waals surface area (Å²) in [6, 6.07) is 8.66. The van der Waals surface area contributed by atoms with Gasteiger partial charge in [-0.2, -0.15) is 0 Å². The molecule has 1 spiro atoms. The fraction of sp³-hybridized carbons (Fsp3) is 0.682. The number of benzene rings is 1. The van der Waals surface area contributed by atoms with Crippen molar-refractivity contribution in [2.24, 2.45) is 0 Å². The van der Waals surface area contributed by atoms with Crippen molar-refractivity contribution < 1.29 is 14.3 Å². The molecule has 0 aliphatic carbocycles. The van der Waals surface area contributed by atoms with Gasteiger partial charge in [0.05, 0.1) is 18.8 Å². The molecular formula is C22H33N3O3. The van der Waals surface area contributed by atoms with E-state index in [2.05, 4.69) is 39.4 Å². The summed E-state index contributed by atoms with van der Waals surface area (Å²) in [4.78, 5) is 17.2. The van der Waals surface area contributed by atoms with Crippen LogP contribution < -0.4 is 5.32 Å². The van der Waals surface area contributed by atoms with E-state index in [1.165, 1.54) is 31.5 Å². The van der Waals surface area contributed by atoms with Crippen molar-refractivity contribution in [3.63, 3.8) is 0 Å². The van der Waals surface area contributed by atoms with E-state index in [9.17, 15) is 4.79 Å². The minimum atomic E-state index is -0.109. The van der Waals surface area contributed by atoms with Crippen LogP contribution in [0.25, 0.3) is 0 Å². The lowest BCUT2D eigenvalue weighted by Gasteiger charge is -2.44. The summed E-state index contributed by atoms with van der Waals surface area (Å²) < 4.78 is 11.5. The minimum absolute atomic E-state index is 0.0882. The molecule has 0 radical (unpaired) electrons. The molecule has 1 aromatic rings. The van der Waals surface area contributed by atoms with Gasteiger partial charge in [0.2, 0.25) is 5.91 Å². The maximum absolute atomic E-state index is 12.4. The number of amides is 1. The van der Waals surface area contributed by atoms with Gasteiger partial charge in [-0.1, -0.05) is 24.3 Å². The molecule has 1 N–H and O–H groups in total. The Labute approximate surface area is 168 Å². The lowest BCUT2D eigenvalue weighted by molar-refractivity contribution is -0.156. The zero-order chi connectivity index (χ0) is 19.2. The molecule has 0 aromatic heterocycles. The molecule has 0 bridgehead atoms. The number of carbonyl (C=O) groups excluding carboxylic acids is 1. The molecule has 4 rings (SSSR count). The third-order valence-corrected chi connectivity index (χ3v) is 6.22. The smallest absolute Gasteiger partial charge is 0.234 e. The second-order valence-corrected chi connectivity index (χ2v) is 8.43. The van der Waals surface area contributed by atoms with Crippen LogP contribution >= 0.6 is 0 Å². The van der Waals surface area contributed by atoms with E-state index in [0.29, 0.717) is 19.7 Å². The van der Waals surface area contributed by atoms with Crippen LogP contribution in [-0.4, -0.2) is 73.9 Å². The van der Waals surface area contributed by atoms with Gasteiger partial charge in [0, 0.05) is 52.2 Å². The van der Waals surface area contributed by atoms with Crippen molar-refractivity contribution >= 4 is 5.91 Å². The molecule has 28 heavy (non-hydrogen) atoms. The third kappa shape index (κ3) is 5.32. The zero-order valence-electron chi connectivity index (χ0n) is 16.8. The Kier molecular flexibility index (Phi) is 6.62. The fourth-order valence-corrected chi connectivity index (χ4v) is 4.53. The first-order chi connectivity index (χ1) is 13.7. The van der Waals surface area contributed by atoms with E-state index in [4.69, 9.17) is 9.47 Å². The standard InChI is InChI=1S/C22H33N3O3/c26-21(17-25-11-14-28-22(18-25)7-12-27-13-8-22)23-15-19-3-5-20(6-4-19)16-24-9-1-2-10-24/h3-6H,1-2,7-18H2,(H,23,26). The van der Waals surface area contributed by atoms with Crippen molar-refractivity contribution in [1.82, 2.24) is 15.1 Å². The van der Waals surface area contributed by atoms with Crippen molar-refractivity contribution in [2.75, 3.05) is 52.5 Å². The number of nitrogens with zero attached hydrogens (tertiary/aromatic N) is 2. The van der Waals surface area contributed by atoms with Gasteiger partial charge >= 0.3 is 0 Å². The van der Waals surface area contributed by atoms with Gasteiger partial charge in [-0.3, -0.25) is 14.6 Å². The van der Waals surface area contributed by atoms with E-state index in [1.807, 2.05) is 0 Å². The summed E-state index contributed by atoms with van der Waals surface area (Å²) in [7, 11) is 0. The SMILES string of the molecule is O=C(CN1CCOC2(CCOCC2)C1)NCc1ccc(CN2CCCC2)cc1. The van der Waals surface area contributed by atoms with Crippen LogP contribution in [-0.2, 0) is 27.4 Å². The molecule has 6 nitrogen and oxygen atoms in total. The van der Waals surface area contributed by atoms with Gasteiger partial charge in [-0.05, 0) is 37.1 Å². The molecule has 3 aliphatic heterocycles. The van der Waals surface area contributed by atoms with Gasteiger partial charge in [-0.25, -0.2) is 0 Å². The van der Waals surface area contributed by atoms with Gasteiger partial charge in [0.25, 0.3) is 0 Å². The summed E-state index contributed by atoms with van der Waals surface area (Å²) in [5.41, 5.74) is 2.40. The second-order valence-electron chi connectivity index (χ2n) is 8.43. The van der Waals surface area contributed by atoms with Crippen LogP contribution in [0.5, 0.6) is 0 Å². The molecule has 0 atom stereocenters. The van der Waals surface area contributed by atoms with Gasteiger partial charge in [0.1, 0.15) is 0 Å². The van der Waals surface area contributed by atoms with Gasteiger partial charge < -0.3 is 14.8 Å². The largest absolute Gasteiger partial charge is 0.381 e. The predicted molar refractivity (Wildman–Crippen MR) is 108 cm³/mol. The highest BCUT2D eigenvalue weighted by Crippen LogP contribution is 2.28. The van der Waals surface area contributed by atoms with Crippen molar-refractivity contribution in [1.29, 1.82) is 0 Å². The van der Waals surface area contributed by atoms with E-state index in [-0.39, 0.29) is 11.5 Å². The van der Waals surface area contributed by atoms with Crippen LogP contribution in [0.1, 0.15) is 36.8 Å². The second kappa shape index (κ2) is 9.35. The average molecular weight is 388 g/mol. The molecule has 1 amide bonds. The Morgan fingerprint density at radius 1 is 0.964 bits per heavy atom. The quantitative estimate of drug-likeness (QED) is 0.806. The van der Waals surface area contributed by atoms with Gasteiger partial charge in [0.15, 0.2) is 0 Å². The average Bonchev–Trinajstić information content (AvgIpc) is 3.21. The summed E-state index contributed by atoms with van der Waals surface area (Å²) in [5, 5.41) is 3.07. The highest BCUT2D eigenvalue weighted by atomic mass is 16.5. The van der Waals surface area contributed by atoms with E-state index >= 15 is 0 Å². The monoisotopic (exact) mass is 387 g/mol. The molecule has 3 saturated heterocycles. The molecule has 3 aliphatic rings. The topological polar surface area (TPSA) is 54.0 Å². The van der Waals surface area contributed by atoms with E-state index in [1.54, 1.807) is 0 Å². The Bertz CT molecular complexity index is 631. The Hall–Kier alpha value is -1.47. The highest BCUT2D eigenvalue weighted by Gasteiger charge is 2.38. The van der Waals surface area contributed by atoms with Crippen LogP contribution in [0.2, 0.25) is 0 Å². The predicted octanol–water partition coefficient (Wildman–Crippen LogP) is 1.78. The molecule has 3 fully saturated rings. The number of hydrogen-bond acceptors (Lipinski definition) is 5. The highest BCUT2D eigenvalue weighted by molar-refractivity contribution is 5.78. The molecule has 154 valence electrons. The first-order valence-electron chi connectivity index (χ1n) is 10.7. The van der Waals surface area contributed by atoms with E-state index < -0.39 is 0 Å². The number of rotatable bonds is 6. The number of likely N-dealkylation sites (tertiary alicyclic amines) is 1. The van der Waals surface area contributed by atoms with Crippen LogP contribution in [0.3, 0.4) is 0 Å². The van der Waals surface area contributed by atoms with Gasteiger partial charge in [-0.15, -0.1) is 0 Å². The fourth-order valence-electron chi connectivity index (χ4n) is 4.53. The summed E-state index contributed by atoms with van der Waals surface area (Å²) >= 11 is 0. The van der Waals surface area contributed by atoms with Crippen molar-refractivity contribution in [2.45, 2.75) is 44.4 Å². The molecule has 0 unspecified atom stereocenters. The normalized spacial score (nSPS) is 23.1. The molecule has 3 heterocycles. The number of ether oxygens (including phenoxy) is 2. The number of morpholine rings is 1. The third-order valence-electron chi connectivity index (χ3n) is 6.22. The summed E-state index contributed by atoms with van der Waals surface area (Å²) in [6.07, 6.45) is 4.49.